The summed E-state index contributed by atoms with van der Waals surface area (Å²) in [7, 11) is 0. The van der Waals surface area contributed by atoms with E-state index in [1.807, 2.05) is 0 Å². The lowest BCUT2D eigenvalue weighted by Gasteiger charge is -2.04. The van der Waals surface area contributed by atoms with Crippen molar-refractivity contribution in [2.45, 2.75) is 6.54 Å². The second kappa shape index (κ2) is 4.02. The van der Waals surface area contributed by atoms with Gasteiger partial charge >= 0.3 is 6.09 Å². The highest BCUT2D eigenvalue weighted by Gasteiger charge is 2.12. The quantitative estimate of drug-likeness (QED) is 0.758. The van der Waals surface area contributed by atoms with Gasteiger partial charge in [-0.25, -0.2) is 9.18 Å². The Morgan fingerprint density at radius 1 is 1.56 bits per heavy atom. The van der Waals surface area contributed by atoms with Crippen LogP contribution in [-0.4, -0.2) is 16.2 Å². The molecule has 0 atom stereocenters. The van der Waals surface area contributed by atoms with Gasteiger partial charge in [-0.15, -0.1) is 0 Å². The minimum absolute atomic E-state index is 0.0847. The molecule has 16 heavy (non-hydrogen) atoms. The first-order valence-corrected chi connectivity index (χ1v) is 4.88. The maximum Gasteiger partial charge on any atom is 0.404 e. The third kappa shape index (κ3) is 1.81. The molecule has 0 saturated carbocycles. The molecular formula is C10H8ClFN2O2. The van der Waals surface area contributed by atoms with Crippen molar-refractivity contribution in [1.29, 1.82) is 0 Å². The summed E-state index contributed by atoms with van der Waals surface area (Å²) >= 11 is 5.80. The predicted molar refractivity (Wildman–Crippen MR) is 58.1 cm³/mol. The lowest BCUT2D eigenvalue weighted by atomic mass is 10.1. The van der Waals surface area contributed by atoms with Crippen LogP contribution in [0.3, 0.4) is 0 Å². The van der Waals surface area contributed by atoms with Crippen LogP contribution in [0.1, 0.15) is 5.56 Å². The average Bonchev–Trinajstić information content (AvgIpc) is 2.60. The van der Waals surface area contributed by atoms with Crippen molar-refractivity contribution in [3.63, 3.8) is 0 Å². The fraction of sp³-hybridized carbons (Fsp3) is 0.100. The number of fused-ring (bicyclic) bond motifs is 1. The molecule has 0 aliphatic carbocycles. The van der Waals surface area contributed by atoms with Crippen LogP contribution in [0.25, 0.3) is 10.9 Å². The molecule has 0 spiro atoms. The van der Waals surface area contributed by atoms with Gasteiger partial charge in [0.1, 0.15) is 5.82 Å². The lowest BCUT2D eigenvalue weighted by Crippen LogP contribution is -2.20. The Morgan fingerprint density at radius 2 is 2.31 bits per heavy atom. The average molecular weight is 243 g/mol. The Bertz CT molecular complexity index is 553. The number of H-pyrrole nitrogens is 1. The molecule has 6 heteroatoms. The molecule has 0 bridgehead atoms. The zero-order valence-corrected chi connectivity index (χ0v) is 8.81. The number of benzene rings is 1. The molecule has 1 heterocycles. The third-order valence-electron chi connectivity index (χ3n) is 2.25. The van der Waals surface area contributed by atoms with Crippen molar-refractivity contribution in [2.75, 3.05) is 0 Å². The van der Waals surface area contributed by atoms with Gasteiger partial charge in [0.15, 0.2) is 0 Å². The van der Waals surface area contributed by atoms with E-state index < -0.39 is 11.9 Å². The van der Waals surface area contributed by atoms with E-state index in [1.165, 1.54) is 12.3 Å². The molecule has 0 aliphatic rings. The number of aromatic amines is 1. The van der Waals surface area contributed by atoms with Crippen LogP contribution < -0.4 is 5.32 Å². The smallest absolute Gasteiger partial charge is 0.404 e. The highest BCUT2D eigenvalue weighted by atomic mass is 35.5. The van der Waals surface area contributed by atoms with Gasteiger partial charge in [-0.3, -0.25) is 0 Å². The molecule has 0 aliphatic heterocycles. The Hall–Kier alpha value is -1.75. The summed E-state index contributed by atoms with van der Waals surface area (Å²) in [5.74, 6) is -0.502. The highest BCUT2D eigenvalue weighted by Crippen LogP contribution is 2.27. The number of carbonyl (C=O) groups is 1. The Morgan fingerprint density at radius 3 is 3.00 bits per heavy atom. The number of aromatic nitrogens is 1. The largest absolute Gasteiger partial charge is 0.465 e. The monoisotopic (exact) mass is 242 g/mol. The van der Waals surface area contributed by atoms with Crippen LogP contribution in [-0.2, 0) is 6.54 Å². The van der Waals surface area contributed by atoms with Crippen molar-refractivity contribution in [1.82, 2.24) is 10.3 Å². The summed E-state index contributed by atoms with van der Waals surface area (Å²) < 4.78 is 13.9. The number of hydrogen-bond donors (Lipinski definition) is 3. The van der Waals surface area contributed by atoms with E-state index in [9.17, 15) is 9.18 Å². The van der Waals surface area contributed by atoms with Crippen LogP contribution in [0.15, 0.2) is 18.3 Å². The summed E-state index contributed by atoms with van der Waals surface area (Å²) in [5.41, 5.74) is 0.845. The van der Waals surface area contributed by atoms with E-state index in [0.29, 0.717) is 5.52 Å². The lowest BCUT2D eigenvalue weighted by molar-refractivity contribution is 0.194. The van der Waals surface area contributed by atoms with Crippen LogP contribution in [0.5, 0.6) is 0 Å². The third-order valence-corrected chi connectivity index (χ3v) is 2.54. The number of nitrogens with one attached hydrogen (secondary N) is 2. The normalized spacial score (nSPS) is 10.6. The van der Waals surface area contributed by atoms with Gasteiger partial charge in [0.25, 0.3) is 0 Å². The van der Waals surface area contributed by atoms with Crippen molar-refractivity contribution in [2.24, 2.45) is 0 Å². The number of amides is 1. The Balaban J connectivity index is 2.43. The van der Waals surface area contributed by atoms with Gasteiger partial charge in [0.2, 0.25) is 0 Å². The van der Waals surface area contributed by atoms with Crippen molar-refractivity contribution in [3.8, 4) is 0 Å². The van der Waals surface area contributed by atoms with E-state index in [1.54, 1.807) is 6.07 Å². The summed E-state index contributed by atoms with van der Waals surface area (Å²) in [6.07, 6.45) is 0.295. The Labute approximate surface area is 95.0 Å². The van der Waals surface area contributed by atoms with E-state index in [4.69, 9.17) is 16.7 Å². The second-order valence-corrected chi connectivity index (χ2v) is 3.66. The van der Waals surface area contributed by atoms with E-state index in [2.05, 4.69) is 10.3 Å². The first-order valence-electron chi connectivity index (χ1n) is 4.50. The molecule has 1 amide bonds. The molecule has 0 fully saturated rings. The summed E-state index contributed by atoms with van der Waals surface area (Å²) in [6, 6.07) is 3.17. The van der Waals surface area contributed by atoms with Crippen molar-refractivity contribution in [3.05, 3.63) is 34.7 Å². The molecule has 4 nitrogen and oxygen atoms in total. The second-order valence-electron chi connectivity index (χ2n) is 3.26. The van der Waals surface area contributed by atoms with Gasteiger partial charge in [-0.2, -0.15) is 0 Å². The van der Waals surface area contributed by atoms with E-state index in [0.717, 1.165) is 0 Å². The molecule has 1 aromatic carbocycles. The highest BCUT2D eigenvalue weighted by molar-refractivity contribution is 6.35. The molecule has 0 radical (unpaired) electrons. The fourth-order valence-electron chi connectivity index (χ4n) is 1.49. The first kappa shape index (κ1) is 10.8. The van der Waals surface area contributed by atoms with Crippen LogP contribution >= 0.6 is 11.6 Å². The maximum atomic E-state index is 13.9. The molecule has 1 aromatic heterocycles. The van der Waals surface area contributed by atoms with Gasteiger partial charge in [-0.05, 0) is 6.07 Å². The zero-order chi connectivity index (χ0) is 11.7. The molecule has 2 rings (SSSR count). The molecular weight excluding hydrogens is 235 g/mol. The van der Waals surface area contributed by atoms with Crippen LogP contribution in [0, 0.1) is 5.82 Å². The van der Waals surface area contributed by atoms with Crippen molar-refractivity contribution < 1.29 is 14.3 Å². The standard InChI is InChI=1S/C10H8ClFN2O2/c11-6-4-13-7-2-1-5(3-14-10(15)16)9(12)8(6)7/h1-2,4,13-14H,3H2,(H,15,16). The van der Waals surface area contributed by atoms with Gasteiger partial charge in [0, 0.05) is 23.8 Å². The molecule has 2 aromatic rings. The van der Waals surface area contributed by atoms with E-state index in [-0.39, 0.29) is 22.5 Å². The number of rotatable bonds is 2. The topological polar surface area (TPSA) is 65.1 Å². The fourth-order valence-corrected chi connectivity index (χ4v) is 1.73. The molecule has 0 saturated heterocycles. The van der Waals surface area contributed by atoms with Gasteiger partial charge < -0.3 is 15.4 Å². The van der Waals surface area contributed by atoms with Crippen molar-refractivity contribution >= 4 is 28.6 Å². The van der Waals surface area contributed by atoms with Crippen LogP contribution in [0.4, 0.5) is 9.18 Å². The van der Waals surface area contributed by atoms with Gasteiger partial charge in [0.05, 0.1) is 10.4 Å². The summed E-state index contributed by atoms with van der Waals surface area (Å²) in [5, 5.41) is 11.1. The maximum absolute atomic E-state index is 13.9. The molecule has 84 valence electrons. The number of hydrogen-bond acceptors (Lipinski definition) is 1. The Kier molecular flexibility index (Phi) is 2.70. The summed E-state index contributed by atoms with van der Waals surface area (Å²) in [4.78, 5) is 13.1. The molecule has 3 N–H and O–H groups in total. The molecule has 0 unspecified atom stereocenters. The minimum Gasteiger partial charge on any atom is -0.465 e. The summed E-state index contributed by atoms with van der Waals surface area (Å²) in [6.45, 7) is -0.0847. The number of carboxylic acid groups (broad SMARTS) is 1. The van der Waals surface area contributed by atoms with Gasteiger partial charge in [-0.1, -0.05) is 17.7 Å². The number of halogens is 2. The first-order chi connectivity index (χ1) is 7.59. The predicted octanol–water partition coefficient (Wildman–Crippen LogP) is 2.73. The minimum atomic E-state index is -1.19. The van der Waals surface area contributed by atoms with E-state index >= 15 is 0 Å². The zero-order valence-electron chi connectivity index (χ0n) is 8.05. The SMILES string of the molecule is O=C(O)NCc1ccc2[nH]cc(Cl)c2c1F. The van der Waals surface area contributed by atoms with Crippen LogP contribution in [0.2, 0.25) is 5.02 Å².